The fourth-order valence-electron chi connectivity index (χ4n) is 3.25. The van der Waals surface area contributed by atoms with Gasteiger partial charge in [-0.05, 0) is 11.4 Å². The molecular weight excluding hydrogens is 541 g/mol. The molecule has 2 aliphatic heterocycles. The molecule has 33 heavy (non-hydrogen) atoms. The minimum atomic E-state index is -1.72. The molecule has 10 nitrogen and oxygen atoms in total. The molecule has 0 aliphatic carbocycles. The highest BCUT2D eigenvalue weighted by Gasteiger charge is 2.66. The number of nitrogens with zero attached hydrogens (tertiary/aromatic N) is 1. The van der Waals surface area contributed by atoms with E-state index in [0.29, 0.717) is 0 Å². The number of carboxylic acids is 1. The minimum Gasteiger partial charge on any atom is -0.477 e. The van der Waals surface area contributed by atoms with Gasteiger partial charge in [0, 0.05) is 23.3 Å². The fraction of sp³-hybridized carbons (Fsp3) is 0.444. The molecule has 0 aromatic carbocycles. The summed E-state index contributed by atoms with van der Waals surface area (Å²) < 4.78 is 8.66. The van der Waals surface area contributed by atoms with E-state index in [1.54, 1.807) is 12.1 Å². The zero-order valence-corrected chi connectivity index (χ0v) is 20.8. The van der Waals surface area contributed by atoms with Crippen LogP contribution in [0.1, 0.15) is 4.88 Å². The first kappa shape index (κ1) is 25.9. The average molecular weight is 559 g/mol. The molecule has 1 aromatic rings. The van der Waals surface area contributed by atoms with Crippen LogP contribution < -0.4 is 10.6 Å². The smallest absolute Gasteiger partial charge is 0.407 e. The van der Waals surface area contributed by atoms with Crippen molar-refractivity contribution in [1.82, 2.24) is 15.5 Å². The summed E-state index contributed by atoms with van der Waals surface area (Å²) in [6.07, 6.45) is -0.870. The number of aliphatic carboxylic acids is 1. The van der Waals surface area contributed by atoms with Gasteiger partial charge in [0.15, 0.2) is 0 Å². The number of β-lactam (4-membered cyclic amide) rings is 1. The van der Waals surface area contributed by atoms with Crippen LogP contribution in [0.25, 0.3) is 0 Å². The number of hydrogen-bond acceptors (Lipinski definition) is 8. The Morgan fingerprint density at radius 3 is 2.67 bits per heavy atom. The molecule has 1 fully saturated rings. The number of fused-ring (bicyclic) bond motifs is 1. The van der Waals surface area contributed by atoms with E-state index in [9.17, 15) is 24.3 Å². The monoisotopic (exact) mass is 557 g/mol. The standard InChI is InChI=1S/C18H18Cl3N3O7S2/c1-30-18(23-11(25)5-10-3-2-4-32-10)14(28)24-12(13(26)27)9(7-33-15(18)24)6-31-16(29)22-8-17(19,20)21/h2-4,15H,5-8H2,1H3,(H,22,29)(H,23,25)(H,26,27)/t15-,18?/m0/s1. The molecule has 15 heteroatoms. The van der Waals surface area contributed by atoms with Gasteiger partial charge in [-0.1, -0.05) is 40.9 Å². The lowest BCUT2D eigenvalue weighted by Gasteiger charge is -2.55. The number of rotatable bonds is 8. The molecule has 2 atom stereocenters. The van der Waals surface area contributed by atoms with Crippen LogP contribution in [0.5, 0.6) is 0 Å². The first-order chi connectivity index (χ1) is 15.5. The number of carbonyl (C=O) groups is 4. The second-order valence-corrected chi connectivity index (χ2v) is 11.5. The van der Waals surface area contributed by atoms with Gasteiger partial charge in [0.05, 0.1) is 13.0 Å². The maximum absolute atomic E-state index is 13.0. The van der Waals surface area contributed by atoms with E-state index in [1.807, 2.05) is 5.38 Å². The van der Waals surface area contributed by atoms with Gasteiger partial charge in [0.25, 0.3) is 11.6 Å². The number of nitrogens with one attached hydrogen (secondary N) is 2. The van der Waals surface area contributed by atoms with Crippen LogP contribution in [0.3, 0.4) is 0 Å². The Bertz CT molecular complexity index is 983. The predicted molar refractivity (Wildman–Crippen MR) is 123 cm³/mol. The van der Waals surface area contributed by atoms with Gasteiger partial charge in [-0.15, -0.1) is 23.1 Å². The van der Waals surface area contributed by atoms with Gasteiger partial charge in [-0.25, -0.2) is 9.59 Å². The maximum Gasteiger partial charge on any atom is 0.407 e. The molecule has 3 amide bonds. The number of alkyl carbamates (subject to hydrolysis) is 1. The molecule has 1 saturated heterocycles. The van der Waals surface area contributed by atoms with Gasteiger partial charge >= 0.3 is 12.1 Å². The molecule has 2 aliphatic rings. The summed E-state index contributed by atoms with van der Waals surface area (Å²) in [4.78, 5) is 51.1. The Morgan fingerprint density at radius 1 is 1.36 bits per heavy atom. The summed E-state index contributed by atoms with van der Waals surface area (Å²) >= 11 is 19.2. The van der Waals surface area contributed by atoms with Crippen molar-refractivity contribution >= 4 is 81.8 Å². The van der Waals surface area contributed by atoms with Crippen molar-refractivity contribution in [3.05, 3.63) is 33.7 Å². The largest absolute Gasteiger partial charge is 0.477 e. The summed E-state index contributed by atoms with van der Waals surface area (Å²) in [5, 5.41) is 15.6. The second-order valence-electron chi connectivity index (χ2n) is 6.88. The number of hydrogen-bond donors (Lipinski definition) is 3. The Hall–Kier alpha value is -1.70. The van der Waals surface area contributed by atoms with Crippen molar-refractivity contribution in [3.63, 3.8) is 0 Å². The third kappa shape index (κ3) is 5.69. The number of halogens is 3. The lowest BCUT2D eigenvalue weighted by Crippen LogP contribution is -2.80. The van der Waals surface area contributed by atoms with E-state index in [1.165, 1.54) is 30.2 Å². The first-order valence-electron chi connectivity index (χ1n) is 9.25. The van der Waals surface area contributed by atoms with Gasteiger partial charge in [0.1, 0.15) is 17.7 Å². The molecule has 3 rings (SSSR count). The molecule has 1 unspecified atom stereocenters. The summed E-state index contributed by atoms with van der Waals surface area (Å²) in [6, 6.07) is 3.59. The molecule has 0 radical (unpaired) electrons. The molecule has 180 valence electrons. The van der Waals surface area contributed by atoms with Crippen molar-refractivity contribution in [2.45, 2.75) is 21.3 Å². The Morgan fingerprint density at radius 2 is 2.09 bits per heavy atom. The lowest BCUT2D eigenvalue weighted by molar-refractivity contribution is -0.192. The third-order valence-corrected chi connectivity index (χ3v) is 7.34. The second kappa shape index (κ2) is 10.3. The Kier molecular flexibility index (Phi) is 8.07. The van der Waals surface area contributed by atoms with Crippen LogP contribution in [0.4, 0.5) is 4.79 Å². The fourth-order valence-corrected chi connectivity index (χ4v) is 5.58. The van der Waals surface area contributed by atoms with E-state index in [4.69, 9.17) is 44.3 Å². The minimum absolute atomic E-state index is 0.0530. The predicted octanol–water partition coefficient (Wildman–Crippen LogP) is 2.10. The van der Waals surface area contributed by atoms with Crippen LogP contribution in [0, 0.1) is 0 Å². The van der Waals surface area contributed by atoms with Crippen LogP contribution in [-0.4, -0.2) is 74.8 Å². The number of carboxylic acid groups (broad SMARTS) is 1. The zero-order valence-electron chi connectivity index (χ0n) is 16.9. The maximum atomic E-state index is 13.0. The van der Waals surface area contributed by atoms with Crippen molar-refractivity contribution in [3.8, 4) is 0 Å². The number of amides is 3. The topological polar surface area (TPSA) is 134 Å². The molecule has 0 saturated carbocycles. The van der Waals surface area contributed by atoms with Gasteiger partial charge in [0.2, 0.25) is 9.70 Å². The van der Waals surface area contributed by atoms with Crippen molar-refractivity contribution in [2.75, 3.05) is 26.0 Å². The van der Waals surface area contributed by atoms with Crippen molar-refractivity contribution in [2.24, 2.45) is 0 Å². The summed E-state index contributed by atoms with van der Waals surface area (Å²) in [7, 11) is 1.26. The van der Waals surface area contributed by atoms with E-state index in [0.717, 1.165) is 9.78 Å². The molecule has 1 aromatic heterocycles. The van der Waals surface area contributed by atoms with Crippen molar-refractivity contribution in [1.29, 1.82) is 0 Å². The SMILES string of the molecule is COC1(NC(=O)Cc2cccs2)C(=O)N2C(C(=O)O)=C(COC(=O)NCC(Cl)(Cl)Cl)CS[C@H]21. The van der Waals surface area contributed by atoms with Gasteiger partial charge in [-0.2, -0.15) is 0 Å². The molecular formula is C18H18Cl3N3O7S2. The van der Waals surface area contributed by atoms with Gasteiger partial charge < -0.3 is 25.2 Å². The average Bonchev–Trinajstić information content (AvgIpc) is 3.25. The molecule has 3 N–H and O–H groups in total. The zero-order chi connectivity index (χ0) is 24.4. The van der Waals surface area contributed by atoms with Crippen LogP contribution in [-0.2, 0) is 30.3 Å². The lowest BCUT2D eigenvalue weighted by atomic mass is 9.98. The summed E-state index contributed by atoms with van der Waals surface area (Å²) in [5.74, 6) is -2.45. The van der Waals surface area contributed by atoms with E-state index in [-0.39, 0.29) is 30.0 Å². The van der Waals surface area contributed by atoms with E-state index < -0.39 is 45.4 Å². The van der Waals surface area contributed by atoms with Crippen molar-refractivity contribution < 1.29 is 33.8 Å². The van der Waals surface area contributed by atoms with E-state index >= 15 is 0 Å². The first-order valence-corrected chi connectivity index (χ1v) is 12.3. The summed E-state index contributed by atoms with van der Waals surface area (Å²) in [6.45, 7) is -0.716. The molecule has 0 spiro atoms. The number of ether oxygens (including phenoxy) is 2. The van der Waals surface area contributed by atoms with E-state index in [2.05, 4.69) is 10.6 Å². The molecule has 0 bridgehead atoms. The Balaban J connectivity index is 1.71. The van der Waals surface area contributed by atoms with Crippen LogP contribution in [0.15, 0.2) is 28.8 Å². The van der Waals surface area contributed by atoms with Gasteiger partial charge in [-0.3, -0.25) is 14.5 Å². The third-order valence-electron chi connectivity index (χ3n) is 4.69. The highest BCUT2D eigenvalue weighted by molar-refractivity contribution is 8.00. The number of thioether (sulfide) groups is 1. The summed E-state index contributed by atoms with van der Waals surface area (Å²) in [5.41, 5.74) is -1.85. The number of carbonyl (C=O) groups excluding carboxylic acids is 3. The molecule has 3 heterocycles. The number of thiophene rings is 1. The normalized spacial score (nSPS) is 22.4. The van der Waals surface area contributed by atoms with Crippen LogP contribution in [0.2, 0.25) is 0 Å². The number of alkyl halides is 3. The number of methoxy groups -OCH3 is 1. The Labute approximate surface area is 211 Å². The quantitative estimate of drug-likeness (QED) is 0.251. The highest BCUT2D eigenvalue weighted by atomic mass is 35.6. The highest BCUT2D eigenvalue weighted by Crippen LogP contribution is 2.46. The van der Waals surface area contributed by atoms with Crippen LogP contribution >= 0.6 is 57.9 Å².